The lowest BCUT2D eigenvalue weighted by molar-refractivity contribution is 0.122. The van der Waals surface area contributed by atoms with E-state index in [1.807, 2.05) is 18.2 Å². The lowest BCUT2D eigenvalue weighted by Crippen LogP contribution is -2.22. The number of ether oxygens (including phenoxy) is 1. The third-order valence-corrected chi connectivity index (χ3v) is 2.61. The molecule has 1 aromatic rings. The Balaban J connectivity index is 2.84. The van der Waals surface area contributed by atoms with Crippen molar-refractivity contribution in [2.45, 2.75) is 6.10 Å². The van der Waals surface area contributed by atoms with Gasteiger partial charge in [0.05, 0.1) is 11.9 Å². The van der Waals surface area contributed by atoms with E-state index in [0.717, 1.165) is 5.56 Å². The lowest BCUT2D eigenvalue weighted by atomic mass is 10.1. The van der Waals surface area contributed by atoms with Crippen molar-refractivity contribution < 1.29 is 13.2 Å². The first kappa shape index (κ1) is 11.2. The van der Waals surface area contributed by atoms with Gasteiger partial charge in [-0.25, -0.2) is 13.6 Å². The summed E-state index contributed by atoms with van der Waals surface area (Å²) < 4.78 is 26.8. The number of rotatable bonds is 4. The summed E-state index contributed by atoms with van der Waals surface area (Å²) in [7, 11) is -2.05. The minimum Gasteiger partial charge on any atom is -0.376 e. The van der Waals surface area contributed by atoms with Crippen molar-refractivity contribution in [1.29, 1.82) is 0 Å². The van der Waals surface area contributed by atoms with E-state index in [4.69, 9.17) is 9.88 Å². The summed E-state index contributed by atoms with van der Waals surface area (Å²) in [5.41, 5.74) is 0.809. The molecule has 0 aliphatic carbocycles. The Hall–Kier alpha value is -0.910. The normalized spacial score (nSPS) is 13.9. The summed E-state index contributed by atoms with van der Waals surface area (Å²) in [6.45, 7) is 0. The van der Waals surface area contributed by atoms with Crippen LogP contribution in [0.5, 0.6) is 0 Å². The average molecular weight is 215 g/mol. The van der Waals surface area contributed by atoms with Crippen molar-refractivity contribution in [3.05, 3.63) is 35.9 Å². The number of methoxy groups -OCH3 is 1. The maximum atomic E-state index is 10.9. The fraction of sp³-hybridized carbons (Fsp3) is 0.333. The second-order valence-corrected chi connectivity index (χ2v) is 4.62. The summed E-state index contributed by atoms with van der Waals surface area (Å²) in [5.74, 6) is -0.201. The Bertz CT molecular complexity index is 374. The predicted octanol–water partition coefficient (Wildman–Crippen LogP) is 0.663. The molecule has 4 nitrogen and oxygen atoms in total. The third-order valence-electron chi connectivity index (χ3n) is 1.84. The van der Waals surface area contributed by atoms with Gasteiger partial charge in [-0.1, -0.05) is 30.3 Å². The van der Waals surface area contributed by atoms with E-state index in [1.54, 1.807) is 12.1 Å². The average Bonchev–Trinajstić information content (AvgIpc) is 2.14. The van der Waals surface area contributed by atoms with E-state index in [-0.39, 0.29) is 5.75 Å². The molecule has 0 saturated carbocycles. The van der Waals surface area contributed by atoms with Crippen molar-refractivity contribution in [1.82, 2.24) is 0 Å². The van der Waals surface area contributed by atoms with Crippen LogP contribution in [0.2, 0.25) is 0 Å². The molecular formula is C9H13NO3S. The first-order valence-electron chi connectivity index (χ1n) is 4.11. The zero-order valence-corrected chi connectivity index (χ0v) is 8.70. The fourth-order valence-corrected chi connectivity index (χ4v) is 1.93. The van der Waals surface area contributed by atoms with Gasteiger partial charge in [0.25, 0.3) is 0 Å². The van der Waals surface area contributed by atoms with E-state index in [0.29, 0.717) is 0 Å². The largest absolute Gasteiger partial charge is 0.376 e. The fourth-order valence-electron chi connectivity index (χ4n) is 1.18. The zero-order chi connectivity index (χ0) is 10.6. The van der Waals surface area contributed by atoms with Crippen LogP contribution in [0, 0.1) is 0 Å². The Morgan fingerprint density at radius 2 is 1.93 bits per heavy atom. The maximum Gasteiger partial charge on any atom is 0.211 e. The van der Waals surface area contributed by atoms with Crippen LogP contribution in [0.4, 0.5) is 0 Å². The van der Waals surface area contributed by atoms with Crippen molar-refractivity contribution in [3.63, 3.8) is 0 Å². The molecular weight excluding hydrogens is 202 g/mol. The molecule has 0 spiro atoms. The molecule has 0 saturated heterocycles. The molecule has 0 bridgehead atoms. The smallest absolute Gasteiger partial charge is 0.211 e. The van der Waals surface area contributed by atoms with Crippen molar-refractivity contribution in [2.24, 2.45) is 5.14 Å². The molecule has 1 aromatic carbocycles. The first-order valence-corrected chi connectivity index (χ1v) is 5.82. The molecule has 1 rings (SSSR count). The summed E-state index contributed by atoms with van der Waals surface area (Å²) in [4.78, 5) is 0. The second kappa shape index (κ2) is 4.54. The SMILES string of the molecule is COC(CS(N)(=O)=O)c1ccccc1. The number of nitrogens with two attached hydrogens (primary N) is 1. The minimum atomic E-state index is -3.51. The Kier molecular flexibility index (Phi) is 3.62. The molecule has 0 aliphatic heterocycles. The molecule has 0 heterocycles. The molecule has 0 aliphatic rings. The molecule has 14 heavy (non-hydrogen) atoms. The number of sulfonamides is 1. The highest BCUT2D eigenvalue weighted by molar-refractivity contribution is 7.89. The van der Waals surface area contributed by atoms with Gasteiger partial charge < -0.3 is 4.74 Å². The van der Waals surface area contributed by atoms with E-state index in [9.17, 15) is 8.42 Å². The lowest BCUT2D eigenvalue weighted by Gasteiger charge is -2.13. The van der Waals surface area contributed by atoms with Crippen LogP contribution in [-0.4, -0.2) is 21.3 Å². The Labute approximate surface area is 83.7 Å². The highest BCUT2D eigenvalue weighted by atomic mass is 32.2. The van der Waals surface area contributed by atoms with E-state index in [2.05, 4.69) is 0 Å². The van der Waals surface area contributed by atoms with Crippen LogP contribution in [0.15, 0.2) is 30.3 Å². The van der Waals surface area contributed by atoms with Gasteiger partial charge in [0.1, 0.15) is 0 Å². The van der Waals surface area contributed by atoms with Gasteiger partial charge in [-0.2, -0.15) is 0 Å². The Morgan fingerprint density at radius 3 is 2.36 bits per heavy atom. The molecule has 78 valence electrons. The summed E-state index contributed by atoms with van der Waals surface area (Å²) in [6.07, 6.45) is -0.494. The standard InChI is InChI=1S/C9H13NO3S/c1-13-9(7-14(10,11)12)8-5-3-2-4-6-8/h2-6,9H,7H2,1H3,(H2,10,11,12). The topological polar surface area (TPSA) is 69.4 Å². The highest BCUT2D eigenvalue weighted by Gasteiger charge is 2.16. The molecule has 5 heteroatoms. The van der Waals surface area contributed by atoms with E-state index >= 15 is 0 Å². The van der Waals surface area contributed by atoms with Crippen molar-refractivity contribution in [3.8, 4) is 0 Å². The number of hydrogen-bond acceptors (Lipinski definition) is 3. The molecule has 0 amide bonds. The minimum absolute atomic E-state index is 0.201. The molecule has 0 fully saturated rings. The zero-order valence-electron chi connectivity index (χ0n) is 7.88. The van der Waals surface area contributed by atoms with Crippen molar-refractivity contribution in [2.75, 3.05) is 12.9 Å². The number of primary sulfonamides is 1. The quantitative estimate of drug-likeness (QED) is 0.802. The van der Waals surface area contributed by atoms with Gasteiger partial charge in [0, 0.05) is 7.11 Å². The summed E-state index contributed by atoms with van der Waals surface area (Å²) in [6, 6.07) is 9.11. The van der Waals surface area contributed by atoms with Gasteiger partial charge in [0.2, 0.25) is 10.0 Å². The second-order valence-electron chi connectivity index (χ2n) is 2.96. The molecule has 0 aromatic heterocycles. The van der Waals surface area contributed by atoms with Crippen LogP contribution < -0.4 is 5.14 Å². The van der Waals surface area contributed by atoms with Crippen LogP contribution in [-0.2, 0) is 14.8 Å². The molecule has 1 unspecified atom stereocenters. The van der Waals surface area contributed by atoms with Crippen molar-refractivity contribution >= 4 is 10.0 Å². The molecule has 1 atom stereocenters. The van der Waals surface area contributed by atoms with Crippen LogP contribution >= 0.6 is 0 Å². The van der Waals surface area contributed by atoms with E-state index < -0.39 is 16.1 Å². The summed E-state index contributed by atoms with van der Waals surface area (Å²) >= 11 is 0. The highest BCUT2D eigenvalue weighted by Crippen LogP contribution is 2.16. The van der Waals surface area contributed by atoms with E-state index in [1.165, 1.54) is 7.11 Å². The van der Waals surface area contributed by atoms with Gasteiger partial charge in [-0.15, -0.1) is 0 Å². The third kappa shape index (κ3) is 3.45. The van der Waals surface area contributed by atoms with Gasteiger partial charge in [0.15, 0.2) is 0 Å². The monoisotopic (exact) mass is 215 g/mol. The number of hydrogen-bond donors (Lipinski definition) is 1. The maximum absolute atomic E-state index is 10.9. The number of benzene rings is 1. The summed E-state index contributed by atoms with van der Waals surface area (Å²) in [5, 5.41) is 4.94. The van der Waals surface area contributed by atoms with Crippen LogP contribution in [0.1, 0.15) is 11.7 Å². The Morgan fingerprint density at radius 1 is 1.36 bits per heavy atom. The van der Waals surface area contributed by atoms with Crippen LogP contribution in [0.3, 0.4) is 0 Å². The van der Waals surface area contributed by atoms with Crippen LogP contribution in [0.25, 0.3) is 0 Å². The predicted molar refractivity (Wildman–Crippen MR) is 54.2 cm³/mol. The molecule has 2 N–H and O–H groups in total. The van der Waals surface area contributed by atoms with Gasteiger partial charge >= 0.3 is 0 Å². The van der Waals surface area contributed by atoms with Gasteiger partial charge in [-0.3, -0.25) is 0 Å². The van der Waals surface area contributed by atoms with Gasteiger partial charge in [-0.05, 0) is 5.56 Å². The molecule has 0 radical (unpaired) electrons. The first-order chi connectivity index (χ1) is 6.53.